The van der Waals surface area contributed by atoms with Crippen LogP contribution in [0.4, 0.5) is 17.1 Å². The van der Waals surface area contributed by atoms with Crippen LogP contribution in [0.5, 0.6) is 0 Å². The molecule has 2 rings (SSSR count). The Morgan fingerprint density at radius 3 is 3.00 bits per heavy atom. The Hall–Kier alpha value is -2.08. The summed E-state index contributed by atoms with van der Waals surface area (Å²) < 4.78 is 1.78. The molecule has 0 aliphatic carbocycles. The highest BCUT2D eigenvalue weighted by molar-refractivity contribution is 6.31. The van der Waals surface area contributed by atoms with Gasteiger partial charge in [0.25, 0.3) is 5.69 Å². The molecule has 6 nitrogen and oxygen atoms in total. The van der Waals surface area contributed by atoms with E-state index in [0.717, 1.165) is 13.0 Å². The molecule has 0 aliphatic rings. The zero-order valence-electron chi connectivity index (χ0n) is 10.3. The van der Waals surface area contributed by atoms with Crippen molar-refractivity contribution in [3.8, 4) is 0 Å². The maximum atomic E-state index is 10.9. The second-order valence-electron chi connectivity index (χ2n) is 4.04. The van der Waals surface area contributed by atoms with Gasteiger partial charge in [0.15, 0.2) is 0 Å². The van der Waals surface area contributed by atoms with E-state index < -0.39 is 4.92 Å². The third-order valence-electron chi connectivity index (χ3n) is 2.52. The quantitative estimate of drug-likeness (QED) is 0.671. The highest BCUT2D eigenvalue weighted by atomic mass is 35.5. The van der Waals surface area contributed by atoms with E-state index >= 15 is 0 Å². The van der Waals surface area contributed by atoms with Crippen LogP contribution in [0.25, 0.3) is 0 Å². The molecule has 100 valence electrons. The molecule has 0 atom stereocenters. The van der Waals surface area contributed by atoms with Gasteiger partial charge in [0.05, 0.1) is 16.8 Å². The summed E-state index contributed by atoms with van der Waals surface area (Å²) in [7, 11) is 0. The summed E-state index contributed by atoms with van der Waals surface area (Å²) in [6.07, 6.45) is 4.40. The lowest BCUT2D eigenvalue weighted by Crippen LogP contribution is -1.97. The van der Waals surface area contributed by atoms with E-state index in [1.54, 1.807) is 17.1 Å². The maximum Gasteiger partial charge on any atom is 0.292 e. The average molecular weight is 281 g/mol. The van der Waals surface area contributed by atoms with Crippen molar-refractivity contribution in [1.82, 2.24) is 9.78 Å². The van der Waals surface area contributed by atoms with Crippen LogP contribution in [-0.2, 0) is 6.54 Å². The third-order valence-corrected chi connectivity index (χ3v) is 2.76. The van der Waals surface area contributed by atoms with Gasteiger partial charge in [0.2, 0.25) is 0 Å². The SMILES string of the molecule is CCCn1cc(Nc2cc(Cl)ccc2[N+](=O)[O-])cn1. The smallest absolute Gasteiger partial charge is 0.292 e. The van der Waals surface area contributed by atoms with Crippen LogP contribution in [0.3, 0.4) is 0 Å². The lowest BCUT2D eigenvalue weighted by Gasteiger charge is -2.05. The number of nitrogens with zero attached hydrogens (tertiary/aromatic N) is 3. The summed E-state index contributed by atoms with van der Waals surface area (Å²) in [6, 6.07) is 4.39. The van der Waals surface area contributed by atoms with Gasteiger partial charge in [-0.3, -0.25) is 14.8 Å². The number of nitrogens with one attached hydrogen (secondary N) is 1. The van der Waals surface area contributed by atoms with Crippen molar-refractivity contribution in [2.45, 2.75) is 19.9 Å². The summed E-state index contributed by atoms with van der Waals surface area (Å²) in [4.78, 5) is 10.5. The molecule has 1 aromatic heterocycles. The summed E-state index contributed by atoms with van der Waals surface area (Å²) in [6.45, 7) is 2.86. The Balaban J connectivity index is 2.26. The molecule has 2 aromatic rings. The molecule has 0 saturated carbocycles. The molecular formula is C12H13ClN4O2. The van der Waals surface area contributed by atoms with Crippen LogP contribution in [0, 0.1) is 10.1 Å². The average Bonchev–Trinajstić information content (AvgIpc) is 2.77. The van der Waals surface area contributed by atoms with Crippen LogP contribution < -0.4 is 5.32 Å². The van der Waals surface area contributed by atoms with Gasteiger partial charge in [-0.15, -0.1) is 0 Å². The van der Waals surface area contributed by atoms with E-state index in [1.807, 2.05) is 0 Å². The number of hydrogen-bond acceptors (Lipinski definition) is 4. The van der Waals surface area contributed by atoms with Gasteiger partial charge in [-0.2, -0.15) is 5.10 Å². The Kier molecular flexibility index (Phi) is 4.01. The molecule has 1 heterocycles. The van der Waals surface area contributed by atoms with Crippen molar-refractivity contribution < 1.29 is 4.92 Å². The van der Waals surface area contributed by atoms with Gasteiger partial charge in [-0.05, 0) is 18.6 Å². The normalized spacial score (nSPS) is 10.4. The number of aromatic nitrogens is 2. The van der Waals surface area contributed by atoms with Gasteiger partial charge in [-0.25, -0.2) is 0 Å². The van der Waals surface area contributed by atoms with Gasteiger partial charge < -0.3 is 5.32 Å². The largest absolute Gasteiger partial charge is 0.347 e. The first-order valence-electron chi connectivity index (χ1n) is 5.83. The number of anilines is 2. The van der Waals surface area contributed by atoms with Gasteiger partial charge in [0, 0.05) is 23.8 Å². The first-order chi connectivity index (χ1) is 9.10. The number of benzene rings is 1. The lowest BCUT2D eigenvalue weighted by molar-refractivity contribution is -0.383. The topological polar surface area (TPSA) is 73.0 Å². The minimum absolute atomic E-state index is 0.0207. The molecule has 0 aliphatic heterocycles. The Morgan fingerprint density at radius 2 is 2.32 bits per heavy atom. The van der Waals surface area contributed by atoms with Crippen LogP contribution in [0.1, 0.15) is 13.3 Å². The molecular weight excluding hydrogens is 268 g/mol. The number of nitro benzene ring substituents is 1. The number of halogens is 1. The van der Waals surface area contributed by atoms with Gasteiger partial charge in [0.1, 0.15) is 5.69 Å². The van der Waals surface area contributed by atoms with Crippen LogP contribution >= 0.6 is 11.6 Å². The number of rotatable bonds is 5. The number of nitro groups is 1. The van der Waals surface area contributed by atoms with E-state index in [1.165, 1.54) is 18.2 Å². The molecule has 0 spiro atoms. The Labute approximate surface area is 115 Å². The van der Waals surface area contributed by atoms with Crippen molar-refractivity contribution in [2.24, 2.45) is 0 Å². The van der Waals surface area contributed by atoms with Crippen molar-refractivity contribution >= 4 is 28.7 Å². The molecule has 1 aromatic carbocycles. The minimum Gasteiger partial charge on any atom is -0.347 e. The van der Waals surface area contributed by atoms with Crippen molar-refractivity contribution in [3.63, 3.8) is 0 Å². The molecule has 0 bridgehead atoms. The zero-order valence-corrected chi connectivity index (χ0v) is 11.1. The summed E-state index contributed by atoms with van der Waals surface area (Å²) in [5.41, 5.74) is 1.03. The summed E-state index contributed by atoms with van der Waals surface area (Å²) >= 11 is 5.86. The van der Waals surface area contributed by atoms with E-state index in [-0.39, 0.29) is 5.69 Å². The molecule has 0 unspecified atom stereocenters. The van der Waals surface area contributed by atoms with Crippen LogP contribution in [-0.4, -0.2) is 14.7 Å². The van der Waals surface area contributed by atoms with Crippen molar-refractivity contribution in [2.75, 3.05) is 5.32 Å². The van der Waals surface area contributed by atoms with E-state index in [9.17, 15) is 10.1 Å². The fraction of sp³-hybridized carbons (Fsp3) is 0.250. The van der Waals surface area contributed by atoms with E-state index in [0.29, 0.717) is 16.4 Å². The standard InChI is InChI=1S/C12H13ClN4O2/c1-2-5-16-8-10(7-14-16)15-11-6-9(13)3-4-12(11)17(18)19/h3-4,6-8,15H,2,5H2,1H3. The lowest BCUT2D eigenvalue weighted by atomic mass is 10.2. The third kappa shape index (κ3) is 3.23. The van der Waals surface area contributed by atoms with Gasteiger partial charge in [-0.1, -0.05) is 18.5 Å². The minimum atomic E-state index is -0.449. The molecule has 0 fully saturated rings. The Morgan fingerprint density at radius 1 is 1.53 bits per heavy atom. The molecule has 1 N–H and O–H groups in total. The van der Waals surface area contributed by atoms with Crippen molar-refractivity contribution in [1.29, 1.82) is 0 Å². The van der Waals surface area contributed by atoms with Crippen LogP contribution in [0.2, 0.25) is 5.02 Å². The summed E-state index contributed by atoms with van der Waals surface area (Å²) in [5, 5.41) is 18.5. The van der Waals surface area contributed by atoms with E-state index in [4.69, 9.17) is 11.6 Å². The van der Waals surface area contributed by atoms with Crippen LogP contribution in [0.15, 0.2) is 30.6 Å². The fourth-order valence-corrected chi connectivity index (χ4v) is 1.87. The molecule has 0 amide bonds. The molecule has 0 saturated heterocycles. The highest BCUT2D eigenvalue weighted by Crippen LogP contribution is 2.30. The number of aryl methyl sites for hydroxylation is 1. The monoisotopic (exact) mass is 280 g/mol. The zero-order chi connectivity index (χ0) is 13.8. The fourth-order valence-electron chi connectivity index (χ4n) is 1.70. The second kappa shape index (κ2) is 5.71. The predicted molar refractivity (Wildman–Crippen MR) is 73.9 cm³/mol. The highest BCUT2D eigenvalue weighted by Gasteiger charge is 2.14. The summed E-state index contributed by atoms with van der Waals surface area (Å²) in [5.74, 6) is 0. The van der Waals surface area contributed by atoms with Crippen molar-refractivity contribution in [3.05, 3.63) is 45.7 Å². The predicted octanol–water partition coefficient (Wildman–Crippen LogP) is 3.60. The first-order valence-corrected chi connectivity index (χ1v) is 6.21. The molecule has 19 heavy (non-hydrogen) atoms. The second-order valence-corrected chi connectivity index (χ2v) is 4.47. The Bertz CT molecular complexity index is 597. The van der Waals surface area contributed by atoms with E-state index in [2.05, 4.69) is 17.3 Å². The maximum absolute atomic E-state index is 10.9. The molecule has 7 heteroatoms. The molecule has 0 radical (unpaired) electrons. The first kappa shape index (κ1) is 13.4. The van der Waals surface area contributed by atoms with Gasteiger partial charge >= 0.3 is 0 Å². The number of hydrogen-bond donors (Lipinski definition) is 1.